The average molecular weight is 475 g/mol. The highest BCUT2D eigenvalue weighted by atomic mass is 16.5. The lowest BCUT2D eigenvalue weighted by Crippen LogP contribution is -2.41. The summed E-state index contributed by atoms with van der Waals surface area (Å²) in [4.78, 5) is 25.2. The lowest BCUT2D eigenvalue weighted by molar-refractivity contribution is 0.122. The SMILES string of the molecule is CN1CCC(N(C)Cc2cccc(-c3cc(-c4cnc(N)nc4)nc(N4CCOCC4)n3)c2)CC1. The fourth-order valence-corrected chi connectivity index (χ4v) is 4.79. The Bertz CT molecular complexity index is 1120. The van der Waals surface area contributed by atoms with E-state index in [-0.39, 0.29) is 5.95 Å². The number of ether oxygens (including phenoxy) is 1. The van der Waals surface area contributed by atoms with E-state index in [0.717, 1.165) is 55.2 Å². The summed E-state index contributed by atoms with van der Waals surface area (Å²) in [6.45, 7) is 6.13. The van der Waals surface area contributed by atoms with Crippen LogP contribution in [0, 0.1) is 0 Å². The van der Waals surface area contributed by atoms with Crippen LogP contribution in [0.25, 0.3) is 22.5 Å². The van der Waals surface area contributed by atoms with E-state index in [1.54, 1.807) is 12.4 Å². The first-order valence-electron chi connectivity index (χ1n) is 12.3. The van der Waals surface area contributed by atoms with Gasteiger partial charge in [0.05, 0.1) is 24.6 Å². The largest absolute Gasteiger partial charge is 0.378 e. The van der Waals surface area contributed by atoms with Crippen molar-refractivity contribution in [3.63, 3.8) is 0 Å². The zero-order valence-corrected chi connectivity index (χ0v) is 20.6. The van der Waals surface area contributed by atoms with Gasteiger partial charge in [-0.3, -0.25) is 4.90 Å². The van der Waals surface area contributed by atoms with E-state index >= 15 is 0 Å². The van der Waals surface area contributed by atoms with Crippen LogP contribution in [0.3, 0.4) is 0 Å². The molecule has 2 fully saturated rings. The van der Waals surface area contributed by atoms with E-state index in [4.69, 9.17) is 20.4 Å². The molecule has 0 unspecified atom stereocenters. The highest BCUT2D eigenvalue weighted by Crippen LogP contribution is 2.27. The molecule has 2 aliphatic rings. The third kappa shape index (κ3) is 5.75. The summed E-state index contributed by atoms with van der Waals surface area (Å²) in [6.07, 6.45) is 5.86. The summed E-state index contributed by atoms with van der Waals surface area (Å²) in [7, 11) is 4.44. The maximum absolute atomic E-state index is 5.71. The Morgan fingerprint density at radius 2 is 1.66 bits per heavy atom. The van der Waals surface area contributed by atoms with E-state index in [2.05, 4.69) is 63.0 Å². The number of hydrogen-bond acceptors (Lipinski definition) is 9. The number of likely N-dealkylation sites (tertiary alicyclic amines) is 1. The third-order valence-corrected chi connectivity index (χ3v) is 6.94. The van der Waals surface area contributed by atoms with Crippen LogP contribution in [0.15, 0.2) is 42.7 Å². The predicted molar refractivity (Wildman–Crippen MR) is 138 cm³/mol. The van der Waals surface area contributed by atoms with Crippen molar-refractivity contribution in [3.05, 3.63) is 48.3 Å². The van der Waals surface area contributed by atoms with Gasteiger partial charge >= 0.3 is 0 Å². The van der Waals surface area contributed by atoms with E-state index in [1.807, 2.05) is 6.07 Å². The first-order chi connectivity index (χ1) is 17.0. The van der Waals surface area contributed by atoms with Gasteiger partial charge in [-0.15, -0.1) is 0 Å². The normalized spacial score (nSPS) is 17.7. The molecule has 0 aliphatic carbocycles. The molecule has 2 N–H and O–H groups in total. The quantitative estimate of drug-likeness (QED) is 0.578. The molecule has 5 rings (SSSR count). The minimum atomic E-state index is 0.248. The highest BCUT2D eigenvalue weighted by molar-refractivity contribution is 5.69. The molecule has 3 aromatic rings. The first kappa shape index (κ1) is 23.6. The highest BCUT2D eigenvalue weighted by Gasteiger charge is 2.21. The van der Waals surface area contributed by atoms with E-state index in [9.17, 15) is 0 Å². The van der Waals surface area contributed by atoms with Gasteiger partial charge in [0.1, 0.15) is 0 Å². The molecule has 4 heterocycles. The Labute approximate surface area is 207 Å². The zero-order chi connectivity index (χ0) is 24.2. The van der Waals surface area contributed by atoms with Gasteiger partial charge in [0.2, 0.25) is 11.9 Å². The second-order valence-corrected chi connectivity index (χ2v) is 9.52. The molecule has 1 aromatic carbocycles. The molecule has 9 nitrogen and oxygen atoms in total. The second kappa shape index (κ2) is 10.6. The van der Waals surface area contributed by atoms with Crippen molar-refractivity contribution in [1.82, 2.24) is 29.7 Å². The minimum absolute atomic E-state index is 0.248. The van der Waals surface area contributed by atoms with Gasteiger partial charge in [0.25, 0.3) is 0 Å². The summed E-state index contributed by atoms with van der Waals surface area (Å²) >= 11 is 0. The topological polar surface area (TPSA) is 96.5 Å². The van der Waals surface area contributed by atoms with Crippen molar-refractivity contribution in [2.45, 2.75) is 25.4 Å². The molecule has 0 bridgehead atoms. The van der Waals surface area contributed by atoms with Crippen LogP contribution in [-0.4, -0.2) is 89.3 Å². The Balaban J connectivity index is 1.44. The Morgan fingerprint density at radius 1 is 0.971 bits per heavy atom. The molecule has 9 heteroatoms. The van der Waals surface area contributed by atoms with E-state index in [1.165, 1.54) is 18.4 Å². The number of rotatable bonds is 6. The molecule has 0 saturated carbocycles. The lowest BCUT2D eigenvalue weighted by Gasteiger charge is -2.35. The fraction of sp³-hybridized carbons (Fsp3) is 0.462. The zero-order valence-electron chi connectivity index (χ0n) is 20.6. The standard InChI is InChI=1S/C26H34N8O/c1-32-8-6-22(7-9-32)33(2)18-19-4-3-5-20(14-19)23-15-24(21-16-28-25(27)29-17-21)31-26(30-23)34-10-12-35-13-11-34/h3-5,14-17,22H,6-13,18H2,1-2H3,(H2,27,28,29). The number of aromatic nitrogens is 4. The van der Waals surface area contributed by atoms with Crippen LogP contribution in [0.2, 0.25) is 0 Å². The number of morpholine rings is 1. The molecule has 2 aromatic heterocycles. The fourth-order valence-electron chi connectivity index (χ4n) is 4.79. The average Bonchev–Trinajstić information content (AvgIpc) is 2.90. The molecule has 184 valence electrons. The van der Waals surface area contributed by atoms with Gasteiger partial charge in [0.15, 0.2) is 0 Å². The maximum Gasteiger partial charge on any atom is 0.226 e. The van der Waals surface area contributed by atoms with Crippen molar-refractivity contribution >= 4 is 11.9 Å². The van der Waals surface area contributed by atoms with Crippen molar-refractivity contribution < 1.29 is 4.74 Å². The monoisotopic (exact) mass is 474 g/mol. The van der Waals surface area contributed by atoms with Crippen LogP contribution < -0.4 is 10.6 Å². The number of nitrogens with two attached hydrogens (primary N) is 1. The molecule has 0 amide bonds. The minimum Gasteiger partial charge on any atom is -0.378 e. The molecular formula is C26H34N8O. The molecule has 0 radical (unpaired) electrons. The molecule has 2 saturated heterocycles. The van der Waals surface area contributed by atoms with Crippen LogP contribution in [-0.2, 0) is 11.3 Å². The van der Waals surface area contributed by atoms with Crippen molar-refractivity contribution in [2.24, 2.45) is 0 Å². The summed E-state index contributed by atoms with van der Waals surface area (Å²) in [5, 5.41) is 0. The Morgan fingerprint density at radius 3 is 2.37 bits per heavy atom. The molecule has 35 heavy (non-hydrogen) atoms. The number of piperidine rings is 1. The Hall–Kier alpha value is -3.14. The molecule has 0 spiro atoms. The number of nitrogens with zero attached hydrogens (tertiary/aromatic N) is 7. The van der Waals surface area contributed by atoms with Gasteiger partial charge in [-0.1, -0.05) is 18.2 Å². The number of benzene rings is 1. The van der Waals surface area contributed by atoms with Crippen LogP contribution in [0.4, 0.5) is 11.9 Å². The van der Waals surface area contributed by atoms with Crippen molar-refractivity contribution in [2.75, 3.05) is 64.1 Å². The predicted octanol–water partition coefficient (Wildman–Crippen LogP) is 2.55. The second-order valence-electron chi connectivity index (χ2n) is 9.52. The molecule has 0 atom stereocenters. The summed E-state index contributed by atoms with van der Waals surface area (Å²) < 4.78 is 5.53. The summed E-state index contributed by atoms with van der Waals surface area (Å²) in [5.41, 5.74) is 10.6. The van der Waals surface area contributed by atoms with E-state index < -0.39 is 0 Å². The Kier molecular flexibility index (Phi) is 7.17. The molecular weight excluding hydrogens is 440 g/mol. The van der Waals surface area contributed by atoms with Crippen LogP contribution in [0.1, 0.15) is 18.4 Å². The van der Waals surface area contributed by atoms with Gasteiger partial charge in [0, 0.05) is 49.2 Å². The van der Waals surface area contributed by atoms with Gasteiger partial charge < -0.3 is 20.3 Å². The summed E-state index contributed by atoms with van der Waals surface area (Å²) in [6, 6.07) is 11.3. The van der Waals surface area contributed by atoms with E-state index in [0.29, 0.717) is 25.2 Å². The number of hydrogen-bond donors (Lipinski definition) is 1. The molecule has 2 aliphatic heterocycles. The van der Waals surface area contributed by atoms with Crippen LogP contribution in [0.5, 0.6) is 0 Å². The van der Waals surface area contributed by atoms with Gasteiger partial charge in [-0.25, -0.2) is 19.9 Å². The van der Waals surface area contributed by atoms with Gasteiger partial charge in [-0.2, -0.15) is 0 Å². The number of anilines is 2. The third-order valence-electron chi connectivity index (χ3n) is 6.94. The van der Waals surface area contributed by atoms with Gasteiger partial charge in [-0.05, 0) is 57.7 Å². The smallest absolute Gasteiger partial charge is 0.226 e. The van der Waals surface area contributed by atoms with Crippen LogP contribution >= 0.6 is 0 Å². The summed E-state index contributed by atoms with van der Waals surface area (Å²) in [5.74, 6) is 0.948. The maximum atomic E-state index is 5.71. The number of nitrogen functional groups attached to an aromatic ring is 1. The lowest BCUT2D eigenvalue weighted by atomic mass is 10.0. The van der Waals surface area contributed by atoms with Crippen molar-refractivity contribution in [1.29, 1.82) is 0 Å². The first-order valence-corrected chi connectivity index (χ1v) is 12.3. The van der Waals surface area contributed by atoms with Crippen molar-refractivity contribution in [3.8, 4) is 22.5 Å².